The zero-order valence-electron chi connectivity index (χ0n) is 15.8. The van der Waals surface area contributed by atoms with Gasteiger partial charge < -0.3 is 19.4 Å². The lowest BCUT2D eigenvalue weighted by atomic mass is 10.1. The zero-order chi connectivity index (χ0) is 19.9. The lowest BCUT2D eigenvalue weighted by Crippen LogP contribution is -2.40. The highest BCUT2D eigenvalue weighted by Crippen LogP contribution is 2.16. The molecule has 1 aliphatic heterocycles. The third-order valence-corrected chi connectivity index (χ3v) is 4.58. The molecule has 152 valence electrons. The van der Waals surface area contributed by atoms with E-state index in [2.05, 4.69) is 10.3 Å². The van der Waals surface area contributed by atoms with E-state index in [4.69, 9.17) is 9.15 Å². The van der Waals surface area contributed by atoms with Gasteiger partial charge in [0.1, 0.15) is 5.76 Å². The van der Waals surface area contributed by atoms with Gasteiger partial charge in [0.05, 0.1) is 12.9 Å². The van der Waals surface area contributed by atoms with Crippen LogP contribution in [0.3, 0.4) is 0 Å². The predicted molar refractivity (Wildman–Crippen MR) is 99.4 cm³/mol. The second kappa shape index (κ2) is 9.64. The summed E-state index contributed by atoms with van der Waals surface area (Å²) >= 11 is 0. The highest BCUT2D eigenvalue weighted by atomic mass is 19.2. The average molecular weight is 395 g/mol. The molecule has 1 atom stereocenters. The Labute approximate surface area is 162 Å². The molecule has 2 aromatic rings. The molecule has 2 heterocycles. The Morgan fingerprint density at radius 2 is 2.07 bits per heavy atom. The fraction of sp³-hybridized carbons (Fsp3) is 0.450. The Hall–Kier alpha value is -2.48. The maximum absolute atomic E-state index is 13.5. The second-order valence-electron chi connectivity index (χ2n) is 6.88. The van der Waals surface area contributed by atoms with Crippen molar-refractivity contribution in [3.8, 4) is 0 Å². The van der Waals surface area contributed by atoms with E-state index >= 15 is 0 Å². The van der Waals surface area contributed by atoms with Crippen LogP contribution in [0.2, 0.25) is 0 Å². The highest BCUT2D eigenvalue weighted by molar-refractivity contribution is 5.79. The summed E-state index contributed by atoms with van der Waals surface area (Å²) in [5.41, 5.74) is 0.323. The van der Waals surface area contributed by atoms with E-state index in [0.717, 1.165) is 30.9 Å². The van der Waals surface area contributed by atoms with Gasteiger partial charge in [0.25, 0.3) is 0 Å². The van der Waals surface area contributed by atoms with E-state index in [1.54, 1.807) is 18.2 Å². The van der Waals surface area contributed by atoms with Gasteiger partial charge in [-0.15, -0.1) is 0 Å². The molecule has 3 rings (SSSR count). The van der Waals surface area contributed by atoms with Gasteiger partial charge in [-0.05, 0) is 36.2 Å². The molecule has 1 aliphatic rings. The summed E-state index contributed by atoms with van der Waals surface area (Å²) in [6, 6.07) is 5.72. The van der Waals surface area contributed by atoms with E-state index in [-0.39, 0.29) is 6.54 Å². The molecule has 1 saturated heterocycles. The van der Waals surface area contributed by atoms with Gasteiger partial charge >= 0.3 is 0 Å². The minimum Gasteiger partial charge on any atom is -0.469 e. The van der Waals surface area contributed by atoms with Crippen LogP contribution < -0.4 is 5.32 Å². The van der Waals surface area contributed by atoms with Gasteiger partial charge in [0.15, 0.2) is 23.4 Å². The van der Waals surface area contributed by atoms with Crippen LogP contribution in [0.25, 0.3) is 0 Å². The first-order chi connectivity index (χ1) is 13.5. The Bertz CT molecular complexity index is 767. The van der Waals surface area contributed by atoms with Crippen molar-refractivity contribution >= 4 is 5.96 Å². The van der Waals surface area contributed by atoms with Gasteiger partial charge in [-0.2, -0.15) is 0 Å². The molecule has 8 heteroatoms. The molecule has 5 nitrogen and oxygen atoms in total. The summed E-state index contributed by atoms with van der Waals surface area (Å²) in [5.74, 6) is -2.05. The number of benzene rings is 1. The number of rotatable bonds is 7. The second-order valence-corrected chi connectivity index (χ2v) is 6.88. The first-order valence-electron chi connectivity index (χ1n) is 9.26. The summed E-state index contributed by atoms with van der Waals surface area (Å²) in [6.45, 7) is 2.79. The maximum Gasteiger partial charge on any atom is 0.194 e. The molecular weight excluding hydrogens is 371 g/mol. The molecule has 1 N–H and O–H groups in total. The van der Waals surface area contributed by atoms with Crippen LogP contribution in [-0.2, 0) is 17.7 Å². The summed E-state index contributed by atoms with van der Waals surface area (Å²) < 4.78 is 50.9. The molecule has 0 amide bonds. The molecule has 0 radical (unpaired) electrons. The van der Waals surface area contributed by atoms with E-state index in [1.807, 2.05) is 12.1 Å². The van der Waals surface area contributed by atoms with E-state index in [0.29, 0.717) is 43.6 Å². The van der Waals surface area contributed by atoms with Crippen LogP contribution >= 0.6 is 0 Å². The Kier molecular flexibility index (Phi) is 6.97. The van der Waals surface area contributed by atoms with Crippen molar-refractivity contribution in [1.82, 2.24) is 10.2 Å². The number of nitrogens with zero attached hydrogens (tertiary/aromatic N) is 2. The topological polar surface area (TPSA) is 50.0 Å². The summed E-state index contributed by atoms with van der Waals surface area (Å²) in [4.78, 5) is 6.40. The number of nitrogens with one attached hydrogen (secondary N) is 1. The van der Waals surface area contributed by atoms with Crippen molar-refractivity contribution in [2.45, 2.75) is 19.4 Å². The maximum atomic E-state index is 13.5. The zero-order valence-corrected chi connectivity index (χ0v) is 15.8. The van der Waals surface area contributed by atoms with Crippen molar-refractivity contribution in [3.63, 3.8) is 0 Å². The minimum atomic E-state index is -1.46. The highest BCUT2D eigenvalue weighted by Gasteiger charge is 2.17. The molecule has 0 saturated carbocycles. The van der Waals surface area contributed by atoms with E-state index in [9.17, 15) is 13.2 Å². The molecule has 1 unspecified atom stereocenters. The number of ether oxygens (including phenoxy) is 1. The van der Waals surface area contributed by atoms with Crippen LogP contribution in [0.15, 0.2) is 39.9 Å². The molecule has 0 spiro atoms. The van der Waals surface area contributed by atoms with Crippen molar-refractivity contribution in [3.05, 3.63) is 59.3 Å². The number of hydrogen-bond donors (Lipinski definition) is 1. The molecule has 1 aromatic heterocycles. The smallest absolute Gasteiger partial charge is 0.194 e. The number of guanidine groups is 1. The van der Waals surface area contributed by atoms with Gasteiger partial charge in [-0.3, -0.25) is 4.99 Å². The van der Waals surface area contributed by atoms with Crippen molar-refractivity contribution in [2.75, 3.05) is 33.4 Å². The van der Waals surface area contributed by atoms with E-state index in [1.165, 1.54) is 0 Å². The Morgan fingerprint density at radius 1 is 1.29 bits per heavy atom. The summed E-state index contributed by atoms with van der Waals surface area (Å²) in [5, 5.41) is 3.26. The van der Waals surface area contributed by atoms with Gasteiger partial charge in [0, 0.05) is 45.6 Å². The molecule has 1 fully saturated rings. The first-order valence-corrected chi connectivity index (χ1v) is 9.26. The third-order valence-electron chi connectivity index (χ3n) is 4.58. The SMILES string of the molecule is CN(Cc1cc(F)c(F)c(F)c1)C(=NCC1CCOC1)NCCc1ccco1. The lowest BCUT2D eigenvalue weighted by Gasteiger charge is -2.23. The third kappa shape index (κ3) is 5.51. The van der Waals surface area contributed by atoms with Crippen LogP contribution in [-0.4, -0.2) is 44.2 Å². The Balaban J connectivity index is 1.65. The number of hydrogen-bond acceptors (Lipinski definition) is 3. The normalized spacial score (nSPS) is 17.1. The monoisotopic (exact) mass is 395 g/mol. The lowest BCUT2D eigenvalue weighted by molar-refractivity contribution is 0.187. The standard InChI is InChI=1S/C20H24F3N3O2/c1-26(12-15-9-17(21)19(23)18(22)10-15)20(25-11-14-5-8-27-13-14)24-6-4-16-3-2-7-28-16/h2-3,7,9-10,14H,4-6,8,11-13H2,1H3,(H,24,25). The first kappa shape index (κ1) is 20.3. The van der Waals surface area contributed by atoms with Gasteiger partial charge in [0.2, 0.25) is 0 Å². The minimum absolute atomic E-state index is 0.182. The molecular formula is C20H24F3N3O2. The molecule has 28 heavy (non-hydrogen) atoms. The average Bonchev–Trinajstić information content (AvgIpc) is 3.36. The van der Waals surface area contributed by atoms with Crippen molar-refractivity contribution in [1.29, 1.82) is 0 Å². The predicted octanol–water partition coefficient (Wildman–Crippen LogP) is 3.35. The number of aliphatic imine (C=N–C) groups is 1. The van der Waals surface area contributed by atoms with Crippen LogP contribution in [0.4, 0.5) is 13.2 Å². The Morgan fingerprint density at radius 3 is 2.71 bits per heavy atom. The van der Waals surface area contributed by atoms with Crippen molar-refractivity contribution < 1.29 is 22.3 Å². The number of furan rings is 1. The van der Waals surface area contributed by atoms with Gasteiger partial charge in [-0.1, -0.05) is 0 Å². The summed E-state index contributed by atoms with van der Waals surface area (Å²) in [7, 11) is 1.77. The fourth-order valence-electron chi connectivity index (χ4n) is 3.05. The molecule has 0 bridgehead atoms. The summed E-state index contributed by atoms with van der Waals surface area (Å²) in [6.07, 6.45) is 3.25. The van der Waals surface area contributed by atoms with Crippen LogP contribution in [0.5, 0.6) is 0 Å². The van der Waals surface area contributed by atoms with Crippen molar-refractivity contribution in [2.24, 2.45) is 10.9 Å². The molecule has 1 aromatic carbocycles. The quantitative estimate of drug-likeness (QED) is 0.444. The van der Waals surface area contributed by atoms with Crippen LogP contribution in [0, 0.1) is 23.4 Å². The fourth-order valence-corrected chi connectivity index (χ4v) is 3.05. The van der Waals surface area contributed by atoms with E-state index < -0.39 is 17.5 Å². The molecule has 0 aliphatic carbocycles. The van der Waals surface area contributed by atoms with Crippen LogP contribution in [0.1, 0.15) is 17.7 Å². The largest absolute Gasteiger partial charge is 0.469 e. The number of halogens is 3. The van der Waals surface area contributed by atoms with Gasteiger partial charge in [-0.25, -0.2) is 13.2 Å².